The quantitative estimate of drug-likeness (QED) is 0.702. The molecule has 1 saturated carbocycles. The van der Waals surface area contributed by atoms with Gasteiger partial charge in [-0.15, -0.1) is 11.8 Å². The van der Waals surface area contributed by atoms with Gasteiger partial charge >= 0.3 is 0 Å². The fourth-order valence-electron chi connectivity index (χ4n) is 2.15. The Kier molecular flexibility index (Phi) is 6.33. The van der Waals surface area contributed by atoms with Crippen LogP contribution in [0.2, 0.25) is 0 Å². The van der Waals surface area contributed by atoms with E-state index in [1.54, 1.807) is 17.8 Å². The maximum absolute atomic E-state index is 14.0. The van der Waals surface area contributed by atoms with Crippen molar-refractivity contribution in [2.24, 2.45) is 0 Å². The van der Waals surface area contributed by atoms with E-state index in [0.717, 1.165) is 42.4 Å². The van der Waals surface area contributed by atoms with Gasteiger partial charge in [-0.25, -0.2) is 4.39 Å². The minimum Gasteiger partial charge on any atom is -0.310 e. The first-order valence-corrected chi connectivity index (χ1v) is 8.58. The lowest BCUT2D eigenvalue weighted by Gasteiger charge is -2.17. The van der Waals surface area contributed by atoms with Gasteiger partial charge in [-0.1, -0.05) is 19.9 Å². The average Bonchev–Trinajstić information content (AvgIpc) is 3.27. The zero-order valence-corrected chi connectivity index (χ0v) is 13.3. The summed E-state index contributed by atoms with van der Waals surface area (Å²) in [7, 11) is 0. The Morgan fingerprint density at radius 2 is 2.05 bits per heavy atom. The fraction of sp³-hybridized carbons (Fsp3) is 0.625. The molecule has 20 heavy (non-hydrogen) atoms. The standard InChI is InChI=1S/C16H25FN2S/c1-3-19(4-2)9-10-20-16-8-5-13(11-15(16)17)12-18-14-6-7-14/h5,8,11,14,18H,3-4,6-7,9-10,12H2,1-2H3. The number of hydrogen-bond acceptors (Lipinski definition) is 3. The van der Waals surface area contributed by atoms with Crippen molar-refractivity contribution in [3.63, 3.8) is 0 Å². The van der Waals surface area contributed by atoms with E-state index in [4.69, 9.17) is 0 Å². The molecule has 2 rings (SSSR count). The number of thioether (sulfide) groups is 1. The van der Waals surface area contributed by atoms with Crippen molar-refractivity contribution >= 4 is 11.8 Å². The van der Waals surface area contributed by atoms with Crippen molar-refractivity contribution in [3.05, 3.63) is 29.6 Å². The normalized spacial score (nSPS) is 15.0. The molecule has 4 heteroatoms. The van der Waals surface area contributed by atoms with Gasteiger partial charge in [0.1, 0.15) is 5.82 Å². The second-order valence-corrected chi connectivity index (χ2v) is 6.43. The largest absolute Gasteiger partial charge is 0.310 e. The molecular weight excluding hydrogens is 271 g/mol. The lowest BCUT2D eigenvalue weighted by molar-refractivity contribution is 0.324. The first kappa shape index (κ1) is 15.8. The van der Waals surface area contributed by atoms with Crippen LogP contribution in [0.15, 0.2) is 23.1 Å². The van der Waals surface area contributed by atoms with Crippen molar-refractivity contribution in [2.75, 3.05) is 25.4 Å². The van der Waals surface area contributed by atoms with Crippen LogP contribution in [0, 0.1) is 5.82 Å². The molecule has 2 nitrogen and oxygen atoms in total. The monoisotopic (exact) mass is 296 g/mol. The fourth-order valence-corrected chi connectivity index (χ4v) is 3.08. The molecule has 0 unspecified atom stereocenters. The molecule has 0 atom stereocenters. The summed E-state index contributed by atoms with van der Waals surface area (Å²) in [5, 5.41) is 3.41. The van der Waals surface area contributed by atoms with Crippen molar-refractivity contribution < 1.29 is 4.39 Å². The number of benzene rings is 1. The smallest absolute Gasteiger partial charge is 0.137 e. The van der Waals surface area contributed by atoms with Gasteiger partial charge in [-0.3, -0.25) is 0 Å². The molecule has 1 fully saturated rings. The van der Waals surface area contributed by atoms with Gasteiger partial charge in [0.25, 0.3) is 0 Å². The third-order valence-corrected chi connectivity index (χ3v) is 4.76. The molecule has 0 radical (unpaired) electrons. The van der Waals surface area contributed by atoms with Gasteiger partial charge < -0.3 is 10.2 Å². The maximum atomic E-state index is 14.0. The summed E-state index contributed by atoms with van der Waals surface area (Å²) in [4.78, 5) is 3.13. The minimum absolute atomic E-state index is 0.0790. The highest BCUT2D eigenvalue weighted by Crippen LogP contribution is 2.24. The summed E-state index contributed by atoms with van der Waals surface area (Å²) in [6.07, 6.45) is 2.53. The van der Waals surface area contributed by atoms with E-state index in [1.165, 1.54) is 12.8 Å². The molecule has 0 spiro atoms. The first-order chi connectivity index (χ1) is 9.72. The van der Waals surface area contributed by atoms with Gasteiger partial charge in [-0.05, 0) is 43.6 Å². The van der Waals surface area contributed by atoms with E-state index in [9.17, 15) is 4.39 Å². The molecule has 1 aliphatic carbocycles. The zero-order valence-electron chi connectivity index (χ0n) is 12.5. The Labute approximate surface area is 126 Å². The van der Waals surface area contributed by atoms with E-state index in [1.807, 2.05) is 12.1 Å². The molecular formula is C16H25FN2S. The summed E-state index contributed by atoms with van der Waals surface area (Å²) in [6.45, 7) is 8.25. The van der Waals surface area contributed by atoms with Crippen LogP contribution in [0.4, 0.5) is 4.39 Å². The highest BCUT2D eigenvalue weighted by molar-refractivity contribution is 7.99. The van der Waals surface area contributed by atoms with Crippen LogP contribution in [0.25, 0.3) is 0 Å². The number of nitrogens with one attached hydrogen (secondary N) is 1. The molecule has 1 aromatic rings. The summed E-state index contributed by atoms with van der Waals surface area (Å²) >= 11 is 1.61. The summed E-state index contributed by atoms with van der Waals surface area (Å²) < 4.78 is 14.0. The highest BCUT2D eigenvalue weighted by atomic mass is 32.2. The summed E-state index contributed by atoms with van der Waals surface area (Å²) in [5.41, 5.74) is 1.04. The molecule has 1 aliphatic rings. The molecule has 0 amide bonds. The Morgan fingerprint density at radius 1 is 1.30 bits per heavy atom. The van der Waals surface area contributed by atoms with Crippen LogP contribution in [0.1, 0.15) is 32.3 Å². The van der Waals surface area contributed by atoms with Gasteiger partial charge in [0.05, 0.1) is 0 Å². The minimum atomic E-state index is -0.0790. The van der Waals surface area contributed by atoms with Crippen LogP contribution in [0.5, 0.6) is 0 Å². The average molecular weight is 296 g/mol. The van der Waals surface area contributed by atoms with E-state index >= 15 is 0 Å². The first-order valence-electron chi connectivity index (χ1n) is 7.59. The number of nitrogens with zero attached hydrogens (tertiary/aromatic N) is 1. The Hall–Kier alpha value is -0.580. The van der Waals surface area contributed by atoms with E-state index in [2.05, 4.69) is 24.1 Å². The Balaban J connectivity index is 1.79. The van der Waals surface area contributed by atoms with Gasteiger partial charge in [0, 0.05) is 29.8 Å². The Morgan fingerprint density at radius 3 is 2.65 bits per heavy atom. The predicted molar refractivity (Wildman–Crippen MR) is 84.8 cm³/mol. The zero-order chi connectivity index (χ0) is 14.4. The SMILES string of the molecule is CCN(CC)CCSc1ccc(CNC2CC2)cc1F. The van der Waals surface area contributed by atoms with Crippen LogP contribution in [-0.2, 0) is 6.54 Å². The second kappa shape index (κ2) is 8.01. The lowest BCUT2D eigenvalue weighted by Crippen LogP contribution is -2.25. The van der Waals surface area contributed by atoms with E-state index < -0.39 is 0 Å². The van der Waals surface area contributed by atoms with Gasteiger partial charge in [-0.2, -0.15) is 0 Å². The van der Waals surface area contributed by atoms with Crippen LogP contribution in [0.3, 0.4) is 0 Å². The van der Waals surface area contributed by atoms with Crippen molar-refractivity contribution in [2.45, 2.75) is 44.2 Å². The number of rotatable bonds is 9. The van der Waals surface area contributed by atoms with Crippen molar-refractivity contribution in [3.8, 4) is 0 Å². The highest BCUT2D eigenvalue weighted by Gasteiger charge is 2.20. The van der Waals surface area contributed by atoms with Crippen LogP contribution in [-0.4, -0.2) is 36.3 Å². The predicted octanol–water partition coefficient (Wildman–Crippen LogP) is 3.51. The third kappa shape index (κ3) is 5.08. The number of hydrogen-bond donors (Lipinski definition) is 1. The summed E-state index contributed by atoms with van der Waals surface area (Å²) in [6, 6.07) is 6.31. The third-order valence-electron chi connectivity index (χ3n) is 3.73. The maximum Gasteiger partial charge on any atom is 0.137 e. The number of halogens is 1. The molecule has 0 heterocycles. The van der Waals surface area contributed by atoms with Gasteiger partial charge in [0.15, 0.2) is 0 Å². The lowest BCUT2D eigenvalue weighted by atomic mass is 10.2. The van der Waals surface area contributed by atoms with Crippen LogP contribution >= 0.6 is 11.8 Å². The topological polar surface area (TPSA) is 15.3 Å². The second-order valence-electron chi connectivity index (χ2n) is 5.30. The van der Waals surface area contributed by atoms with E-state index in [-0.39, 0.29) is 5.82 Å². The Bertz CT molecular complexity index is 417. The molecule has 1 aromatic carbocycles. The van der Waals surface area contributed by atoms with Gasteiger partial charge in [0.2, 0.25) is 0 Å². The molecule has 112 valence electrons. The molecule has 0 aromatic heterocycles. The van der Waals surface area contributed by atoms with Crippen LogP contribution < -0.4 is 5.32 Å². The van der Waals surface area contributed by atoms with Crippen molar-refractivity contribution in [1.29, 1.82) is 0 Å². The van der Waals surface area contributed by atoms with Crippen molar-refractivity contribution in [1.82, 2.24) is 10.2 Å². The molecule has 1 N–H and O–H groups in total. The molecule has 0 aliphatic heterocycles. The molecule has 0 bridgehead atoms. The summed E-state index contributed by atoms with van der Waals surface area (Å²) in [5.74, 6) is 0.864. The van der Waals surface area contributed by atoms with E-state index in [0.29, 0.717) is 6.04 Å². The molecule has 0 saturated heterocycles.